The van der Waals surface area contributed by atoms with Crippen molar-refractivity contribution in [2.45, 2.75) is 65.0 Å². The minimum Gasteiger partial charge on any atom is -0.444 e. The number of aliphatic imine (C=N–C) groups is 1. The zero-order valence-electron chi connectivity index (χ0n) is 17.1. The van der Waals surface area contributed by atoms with E-state index in [4.69, 9.17) is 4.74 Å². The van der Waals surface area contributed by atoms with Gasteiger partial charge in [-0.3, -0.25) is 9.79 Å². The van der Waals surface area contributed by atoms with Gasteiger partial charge in [-0.25, -0.2) is 4.79 Å². The minimum atomic E-state index is -0.472. The van der Waals surface area contributed by atoms with Crippen LogP contribution in [0.3, 0.4) is 0 Å². The number of amides is 2. The fraction of sp³-hybridized carbons (Fsp3) is 0.842. The number of ether oxygens (including phenoxy) is 1. The standard InChI is InChI=1S/C19H35N5O3/c1-5-20-17(22-11-7-10-21-16(25)14-8-6-9-14)23-15-12-24(13-15)18(26)27-19(2,3)4/h14-15H,5-13H2,1-4H3,(H,21,25)(H2,20,22,23). The van der Waals surface area contributed by atoms with Gasteiger partial charge >= 0.3 is 6.09 Å². The van der Waals surface area contributed by atoms with Crippen LogP contribution in [0.15, 0.2) is 4.99 Å². The Labute approximate surface area is 162 Å². The van der Waals surface area contributed by atoms with Gasteiger partial charge in [0.15, 0.2) is 5.96 Å². The van der Waals surface area contributed by atoms with E-state index in [-0.39, 0.29) is 24.0 Å². The molecule has 27 heavy (non-hydrogen) atoms. The maximum Gasteiger partial charge on any atom is 0.410 e. The van der Waals surface area contributed by atoms with Crippen LogP contribution < -0.4 is 16.0 Å². The SMILES string of the molecule is CCNC(=NCCCNC(=O)C1CCC1)NC1CN(C(=O)OC(C)(C)C)C1. The van der Waals surface area contributed by atoms with Crippen LogP contribution in [-0.2, 0) is 9.53 Å². The molecular formula is C19H35N5O3. The highest BCUT2D eigenvalue weighted by Crippen LogP contribution is 2.26. The molecule has 0 bridgehead atoms. The predicted molar refractivity (Wildman–Crippen MR) is 106 cm³/mol. The quantitative estimate of drug-likeness (QED) is 0.353. The molecule has 0 aromatic heterocycles. The predicted octanol–water partition coefficient (Wildman–Crippen LogP) is 1.47. The molecule has 8 nitrogen and oxygen atoms in total. The second-order valence-electron chi connectivity index (χ2n) is 8.26. The molecule has 0 unspecified atom stereocenters. The Kier molecular flexibility index (Phi) is 7.74. The number of rotatable bonds is 7. The molecule has 1 aliphatic heterocycles. The van der Waals surface area contributed by atoms with Crippen LogP contribution in [0.1, 0.15) is 53.4 Å². The number of hydrogen-bond acceptors (Lipinski definition) is 4. The summed E-state index contributed by atoms with van der Waals surface area (Å²) in [5.41, 5.74) is -0.472. The summed E-state index contributed by atoms with van der Waals surface area (Å²) in [6.07, 6.45) is 3.76. The molecule has 3 N–H and O–H groups in total. The molecule has 154 valence electrons. The first-order valence-corrected chi connectivity index (χ1v) is 10.1. The lowest BCUT2D eigenvalue weighted by atomic mass is 9.85. The molecule has 2 fully saturated rings. The average Bonchev–Trinajstić information content (AvgIpc) is 2.46. The summed E-state index contributed by atoms with van der Waals surface area (Å²) in [7, 11) is 0. The third-order valence-electron chi connectivity index (χ3n) is 4.60. The largest absolute Gasteiger partial charge is 0.444 e. The summed E-state index contributed by atoms with van der Waals surface area (Å²) >= 11 is 0. The van der Waals surface area contributed by atoms with Crippen molar-refractivity contribution in [1.29, 1.82) is 0 Å². The highest BCUT2D eigenvalue weighted by molar-refractivity contribution is 5.81. The third-order valence-corrected chi connectivity index (χ3v) is 4.60. The topological polar surface area (TPSA) is 95.1 Å². The lowest BCUT2D eigenvalue weighted by Crippen LogP contribution is -2.63. The van der Waals surface area contributed by atoms with Crippen LogP contribution in [0, 0.1) is 5.92 Å². The van der Waals surface area contributed by atoms with Crippen LogP contribution in [0.2, 0.25) is 0 Å². The molecule has 0 radical (unpaired) electrons. The summed E-state index contributed by atoms with van der Waals surface area (Å²) in [5, 5.41) is 9.54. The van der Waals surface area contributed by atoms with Crippen LogP contribution in [0.4, 0.5) is 4.79 Å². The maximum atomic E-state index is 12.0. The van der Waals surface area contributed by atoms with Crippen molar-refractivity contribution < 1.29 is 14.3 Å². The number of hydrogen-bond donors (Lipinski definition) is 3. The van der Waals surface area contributed by atoms with E-state index in [1.807, 2.05) is 27.7 Å². The Morgan fingerprint density at radius 2 is 1.89 bits per heavy atom. The Morgan fingerprint density at radius 3 is 2.44 bits per heavy atom. The van der Waals surface area contributed by atoms with E-state index in [0.29, 0.717) is 26.2 Å². The van der Waals surface area contributed by atoms with E-state index in [1.54, 1.807) is 4.90 Å². The summed E-state index contributed by atoms with van der Waals surface area (Å²) in [6, 6.07) is 0.175. The van der Waals surface area contributed by atoms with Crippen molar-refractivity contribution in [2.75, 3.05) is 32.7 Å². The maximum absolute atomic E-state index is 12.0. The van der Waals surface area contributed by atoms with Crippen LogP contribution in [0.5, 0.6) is 0 Å². The summed E-state index contributed by atoms with van der Waals surface area (Å²) in [6.45, 7) is 10.9. The molecule has 8 heteroatoms. The van der Waals surface area contributed by atoms with Gasteiger partial charge in [0.25, 0.3) is 0 Å². The second kappa shape index (κ2) is 9.80. The molecule has 1 saturated carbocycles. The van der Waals surface area contributed by atoms with Gasteiger partial charge < -0.3 is 25.6 Å². The van der Waals surface area contributed by atoms with Crippen LogP contribution >= 0.6 is 0 Å². The molecule has 2 aliphatic rings. The molecule has 1 heterocycles. The van der Waals surface area contributed by atoms with E-state index in [9.17, 15) is 9.59 Å². The number of carbonyl (C=O) groups is 2. The Balaban J connectivity index is 1.64. The average molecular weight is 382 g/mol. The molecular weight excluding hydrogens is 346 g/mol. The van der Waals surface area contributed by atoms with E-state index >= 15 is 0 Å². The van der Waals surface area contributed by atoms with Crippen molar-refractivity contribution in [3.05, 3.63) is 0 Å². The Bertz CT molecular complexity index is 534. The molecule has 0 atom stereocenters. The van der Waals surface area contributed by atoms with Gasteiger partial charge in [-0.1, -0.05) is 6.42 Å². The van der Waals surface area contributed by atoms with Crippen LogP contribution in [-0.4, -0.2) is 67.2 Å². The monoisotopic (exact) mass is 381 g/mol. The second-order valence-corrected chi connectivity index (χ2v) is 8.26. The molecule has 2 amide bonds. The smallest absolute Gasteiger partial charge is 0.410 e. The zero-order valence-corrected chi connectivity index (χ0v) is 17.1. The van der Waals surface area contributed by atoms with E-state index in [2.05, 4.69) is 20.9 Å². The highest BCUT2D eigenvalue weighted by Gasteiger charge is 2.34. The summed E-state index contributed by atoms with van der Waals surface area (Å²) in [4.78, 5) is 30.0. The fourth-order valence-corrected chi connectivity index (χ4v) is 2.86. The number of carbonyl (C=O) groups excluding carboxylic acids is 2. The summed E-state index contributed by atoms with van der Waals surface area (Å²) in [5.74, 6) is 1.17. The third kappa shape index (κ3) is 7.27. The molecule has 0 aromatic carbocycles. The first-order chi connectivity index (χ1) is 12.8. The van der Waals surface area contributed by atoms with Gasteiger partial charge in [-0.05, 0) is 47.0 Å². The molecule has 0 spiro atoms. The Morgan fingerprint density at radius 1 is 1.19 bits per heavy atom. The van der Waals surface area contributed by atoms with Crippen molar-refractivity contribution in [3.8, 4) is 0 Å². The first-order valence-electron chi connectivity index (χ1n) is 10.1. The summed E-state index contributed by atoms with van der Waals surface area (Å²) < 4.78 is 5.36. The van der Waals surface area contributed by atoms with Gasteiger partial charge in [0.05, 0.1) is 6.04 Å². The molecule has 1 aliphatic carbocycles. The number of nitrogens with one attached hydrogen (secondary N) is 3. The van der Waals surface area contributed by atoms with Gasteiger partial charge in [-0.15, -0.1) is 0 Å². The molecule has 0 aromatic rings. The lowest BCUT2D eigenvalue weighted by molar-refractivity contribution is -0.127. The lowest BCUT2D eigenvalue weighted by Gasteiger charge is -2.40. The minimum absolute atomic E-state index is 0.175. The number of nitrogens with zero attached hydrogens (tertiary/aromatic N) is 2. The normalized spacial score (nSPS) is 18.4. The van der Waals surface area contributed by atoms with Crippen molar-refractivity contribution in [2.24, 2.45) is 10.9 Å². The van der Waals surface area contributed by atoms with E-state index < -0.39 is 5.60 Å². The van der Waals surface area contributed by atoms with Crippen molar-refractivity contribution >= 4 is 18.0 Å². The van der Waals surface area contributed by atoms with Crippen molar-refractivity contribution in [3.63, 3.8) is 0 Å². The number of likely N-dealkylation sites (tertiary alicyclic amines) is 1. The van der Waals surface area contributed by atoms with E-state index in [0.717, 1.165) is 31.8 Å². The zero-order chi connectivity index (χ0) is 19.9. The van der Waals surface area contributed by atoms with Gasteiger partial charge in [-0.2, -0.15) is 0 Å². The highest BCUT2D eigenvalue weighted by atomic mass is 16.6. The fourth-order valence-electron chi connectivity index (χ4n) is 2.86. The van der Waals surface area contributed by atoms with Gasteiger partial charge in [0.2, 0.25) is 5.91 Å². The van der Waals surface area contributed by atoms with Gasteiger partial charge in [0, 0.05) is 38.6 Å². The van der Waals surface area contributed by atoms with Crippen LogP contribution in [0.25, 0.3) is 0 Å². The molecule has 1 saturated heterocycles. The van der Waals surface area contributed by atoms with E-state index in [1.165, 1.54) is 6.42 Å². The Hall–Kier alpha value is -1.99. The number of guanidine groups is 1. The van der Waals surface area contributed by atoms with Crippen molar-refractivity contribution in [1.82, 2.24) is 20.9 Å². The molecule has 2 rings (SSSR count). The first kappa shape index (κ1) is 21.3. The van der Waals surface area contributed by atoms with Gasteiger partial charge in [0.1, 0.15) is 5.60 Å².